The van der Waals surface area contributed by atoms with Crippen LogP contribution in [0, 0.1) is 12.3 Å². The lowest BCUT2D eigenvalue weighted by molar-refractivity contribution is 0.415. The number of nitrogens with two attached hydrogens (primary N) is 1. The maximum Gasteiger partial charge on any atom is 0.200 e. The predicted octanol–water partition coefficient (Wildman–Crippen LogP) is 2.00. The normalized spacial score (nSPS) is 10.0. The van der Waals surface area contributed by atoms with Gasteiger partial charge in [-0.3, -0.25) is 0 Å². The van der Waals surface area contributed by atoms with Crippen molar-refractivity contribution in [1.29, 1.82) is 0 Å². The molecule has 0 aliphatic rings. The van der Waals surface area contributed by atoms with Gasteiger partial charge >= 0.3 is 0 Å². The minimum Gasteiger partial charge on any atom is -0.497 e. The Kier molecular flexibility index (Phi) is 1.83. The van der Waals surface area contributed by atoms with E-state index in [-0.39, 0.29) is 0 Å². The van der Waals surface area contributed by atoms with E-state index in [0.717, 1.165) is 11.1 Å². The average Bonchev–Trinajstić information content (AvgIpc) is 2.55. The second-order valence-corrected chi connectivity index (χ2v) is 2.85. The summed E-state index contributed by atoms with van der Waals surface area (Å²) in [6, 6.07) is 5.38. The van der Waals surface area contributed by atoms with E-state index in [1.807, 2.05) is 0 Å². The highest BCUT2D eigenvalue weighted by Gasteiger charge is 2.09. The van der Waals surface area contributed by atoms with Gasteiger partial charge in [0.2, 0.25) is 5.76 Å². The molecule has 2 aromatic rings. The Bertz CT molecular complexity index is 520. The number of hydrogen-bond acceptors (Lipinski definition) is 3. The van der Waals surface area contributed by atoms with Crippen LogP contribution in [0.2, 0.25) is 0 Å². The molecule has 2 rings (SSSR count). The number of hydrogen-bond donors (Lipinski definition) is 1. The van der Waals surface area contributed by atoms with Crippen LogP contribution in [0.15, 0.2) is 22.6 Å². The third-order valence-corrected chi connectivity index (χ3v) is 2.06. The molecule has 70 valence electrons. The third kappa shape index (κ3) is 1.09. The van der Waals surface area contributed by atoms with Crippen molar-refractivity contribution >= 4 is 16.7 Å². The van der Waals surface area contributed by atoms with Crippen LogP contribution >= 0.6 is 0 Å². The fourth-order valence-electron chi connectivity index (χ4n) is 1.33. The van der Waals surface area contributed by atoms with Gasteiger partial charge in [-0.15, -0.1) is 6.42 Å². The van der Waals surface area contributed by atoms with Crippen LogP contribution in [0.3, 0.4) is 0 Å². The van der Waals surface area contributed by atoms with Crippen molar-refractivity contribution in [1.82, 2.24) is 0 Å². The lowest BCUT2D eigenvalue weighted by atomic mass is 10.2. The number of rotatable bonds is 1. The fraction of sp³-hybridized carbons (Fsp3) is 0.0909. The van der Waals surface area contributed by atoms with E-state index in [2.05, 4.69) is 5.92 Å². The highest BCUT2D eigenvalue weighted by molar-refractivity contribution is 5.93. The number of terminal acetylenes is 1. The number of fused-ring (bicyclic) bond motifs is 1. The highest BCUT2D eigenvalue weighted by Crippen LogP contribution is 2.30. The second-order valence-electron chi connectivity index (χ2n) is 2.85. The summed E-state index contributed by atoms with van der Waals surface area (Å²) in [4.78, 5) is 0. The van der Waals surface area contributed by atoms with Gasteiger partial charge in [-0.05, 0) is 24.1 Å². The quantitative estimate of drug-likeness (QED) is 0.694. The number of nitrogen functional groups attached to an aromatic ring is 1. The zero-order valence-electron chi connectivity index (χ0n) is 7.70. The van der Waals surface area contributed by atoms with E-state index >= 15 is 0 Å². The largest absolute Gasteiger partial charge is 0.497 e. The van der Waals surface area contributed by atoms with E-state index in [9.17, 15) is 0 Å². The lowest BCUT2D eigenvalue weighted by Gasteiger charge is -1.97. The summed E-state index contributed by atoms with van der Waals surface area (Å²) in [5.74, 6) is 3.49. The van der Waals surface area contributed by atoms with E-state index in [1.165, 1.54) is 0 Å². The van der Waals surface area contributed by atoms with Gasteiger partial charge in [0.1, 0.15) is 11.3 Å². The van der Waals surface area contributed by atoms with Crippen molar-refractivity contribution < 1.29 is 9.15 Å². The van der Waals surface area contributed by atoms with E-state index < -0.39 is 0 Å². The van der Waals surface area contributed by atoms with Gasteiger partial charge in [0, 0.05) is 5.39 Å². The van der Waals surface area contributed by atoms with Crippen LogP contribution in [0.5, 0.6) is 5.75 Å². The first-order valence-electron chi connectivity index (χ1n) is 4.09. The van der Waals surface area contributed by atoms with Gasteiger partial charge < -0.3 is 14.9 Å². The van der Waals surface area contributed by atoms with Crippen molar-refractivity contribution in [3.63, 3.8) is 0 Å². The maximum absolute atomic E-state index is 5.78. The molecule has 0 aliphatic heterocycles. The Balaban J connectivity index is 2.76. The third-order valence-electron chi connectivity index (χ3n) is 2.06. The topological polar surface area (TPSA) is 48.4 Å². The summed E-state index contributed by atoms with van der Waals surface area (Å²) in [6.07, 6.45) is 5.23. The van der Waals surface area contributed by atoms with Gasteiger partial charge in [-0.25, -0.2) is 0 Å². The van der Waals surface area contributed by atoms with E-state index in [4.69, 9.17) is 21.3 Å². The second kappa shape index (κ2) is 3.00. The average molecular weight is 187 g/mol. The summed E-state index contributed by atoms with van der Waals surface area (Å²) in [7, 11) is 1.60. The zero-order chi connectivity index (χ0) is 10.1. The molecule has 0 fully saturated rings. The zero-order valence-corrected chi connectivity index (χ0v) is 7.70. The van der Waals surface area contributed by atoms with Crippen LogP contribution in [0.25, 0.3) is 11.0 Å². The molecule has 0 radical (unpaired) electrons. The van der Waals surface area contributed by atoms with Crippen molar-refractivity contribution in [2.75, 3.05) is 12.8 Å². The molecule has 14 heavy (non-hydrogen) atoms. The van der Waals surface area contributed by atoms with Gasteiger partial charge in [-0.2, -0.15) is 0 Å². The number of benzene rings is 1. The number of anilines is 1. The van der Waals surface area contributed by atoms with E-state index in [0.29, 0.717) is 17.0 Å². The standard InChI is InChI=1S/C11H9NO2/c1-3-9-11(12)8-6-7(13-2)4-5-10(8)14-9/h1,4-6H,12H2,2H3. The molecular weight excluding hydrogens is 178 g/mol. The number of ether oxygens (including phenoxy) is 1. The molecule has 3 nitrogen and oxygen atoms in total. The van der Waals surface area contributed by atoms with Crippen molar-refractivity contribution in [2.24, 2.45) is 0 Å². The molecular formula is C11H9NO2. The number of methoxy groups -OCH3 is 1. The first-order chi connectivity index (χ1) is 6.76. The summed E-state index contributed by atoms with van der Waals surface area (Å²) in [5.41, 5.74) is 6.95. The molecule has 0 saturated heterocycles. The summed E-state index contributed by atoms with van der Waals surface area (Å²) < 4.78 is 10.4. The fourth-order valence-corrected chi connectivity index (χ4v) is 1.33. The first kappa shape index (κ1) is 8.52. The number of furan rings is 1. The molecule has 0 aliphatic carbocycles. The van der Waals surface area contributed by atoms with Crippen molar-refractivity contribution in [2.45, 2.75) is 0 Å². The van der Waals surface area contributed by atoms with Crippen molar-refractivity contribution in [3.8, 4) is 18.1 Å². The SMILES string of the molecule is C#Cc1oc2ccc(OC)cc2c1N. The van der Waals surface area contributed by atoms with Gasteiger partial charge in [0.25, 0.3) is 0 Å². The highest BCUT2D eigenvalue weighted by atomic mass is 16.5. The Morgan fingerprint density at radius 2 is 2.29 bits per heavy atom. The molecule has 0 unspecified atom stereocenters. The molecule has 1 aromatic carbocycles. The molecule has 3 heteroatoms. The molecule has 0 amide bonds. The smallest absolute Gasteiger partial charge is 0.200 e. The summed E-state index contributed by atoms with van der Waals surface area (Å²) >= 11 is 0. The molecule has 0 bridgehead atoms. The van der Waals surface area contributed by atoms with Crippen LogP contribution in [-0.4, -0.2) is 7.11 Å². The van der Waals surface area contributed by atoms with E-state index in [1.54, 1.807) is 25.3 Å². The Labute approximate surface area is 81.5 Å². The van der Waals surface area contributed by atoms with Crippen LogP contribution in [0.4, 0.5) is 5.69 Å². The van der Waals surface area contributed by atoms with Crippen LogP contribution in [-0.2, 0) is 0 Å². The Morgan fingerprint density at radius 3 is 2.93 bits per heavy atom. The first-order valence-corrected chi connectivity index (χ1v) is 4.09. The van der Waals surface area contributed by atoms with Crippen LogP contribution < -0.4 is 10.5 Å². The molecule has 0 spiro atoms. The molecule has 2 N–H and O–H groups in total. The molecule has 0 atom stereocenters. The van der Waals surface area contributed by atoms with Crippen LogP contribution in [0.1, 0.15) is 5.76 Å². The molecule has 1 heterocycles. The monoisotopic (exact) mass is 187 g/mol. The summed E-state index contributed by atoms with van der Waals surface area (Å²) in [6.45, 7) is 0. The van der Waals surface area contributed by atoms with Gasteiger partial charge in [-0.1, -0.05) is 0 Å². The molecule has 0 saturated carbocycles. The Morgan fingerprint density at radius 1 is 1.50 bits per heavy atom. The minimum atomic E-state index is 0.369. The minimum absolute atomic E-state index is 0.369. The lowest BCUT2D eigenvalue weighted by Crippen LogP contribution is -1.86. The van der Waals surface area contributed by atoms with Gasteiger partial charge in [0.15, 0.2) is 0 Å². The maximum atomic E-state index is 5.78. The van der Waals surface area contributed by atoms with Gasteiger partial charge in [0.05, 0.1) is 12.8 Å². The molecule has 1 aromatic heterocycles. The Hall–Kier alpha value is -2.08. The predicted molar refractivity (Wildman–Crippen MR) is 55.1 cm³/mol. The summed E-state index contributed by atoms with van der Waals surface area (Å²) in [5, 5.41) is 0.789. The van der Waals surface area contributed by atoms with Crippen molar-refractivity contribution in [3.05, 3.63) is 24.0 Å².